The molecule has 0 bridgehead atoms. The Hall–Kier alpha value is -1.05. The van der Waals surface area contributed by atoms with Gasteiger partial charge in [-0.2, -0.15) is 5.10 Å². The molecule has 1 aliphatic rings. The highest BCUT2D eigenvalue weighted by atomic mass is 15.3. The van der Waals surface area contributed by atoms with Crippen molar-refractivity contribution in [1.82, 2.24) is 5.43 Å². The van der Waals surface area contributed by atoms with Crippen LogP contribution in [0.2, 0.25) is 0 Å². The van der Waals surface area contributed by atoms with Gasteiger partial charge in [0.1, 0.15) is 0 Å². The summed E-state index contributed by atoms with van der Waals surface area (Å²) in [5.41, 5.74) is 5.18. The lowest BCUT2D eigenvalue weighted by Gasteiger charge is -2.09. The van der Waals surface area contributed by atoms with Crippen LogP contribution in [0.25, 0.3) is 0 Å². The first-order valence-electron chi connectivity index (χ1n) is 2.94. The van der Waals surface area contributed by atoms with Crippen LogP contribution in [-0.4, -0.2) is 6.21 Å². The number of rotatable bonds is 1. The van der Waals surface area contributed by atoms with Crippen LogP contribution in [0.3, 0.4) is 0 Å². The van der Waals surface area contributed by atoms with Gasteiger partial charge < -0.3 is 0 Å². The third kappa shape index (κ3) is 1.19. The molecule has 1 N–H and O–H groups in total. The van der Waals surface area contributed by atoms with Gasteiger partial charge in [-0.1, -0.05) is 6.58 Å². The molecule has 0 atom stereocenters. The zero-order valence-corrected chi connectivity index (χ0v) is 5.52. The molecule has 0 aliphatic carbocycles. The van der Waals surface area contributed by atoms with Crippen LogP contribution >= 0.6 is 0 Å². The second kappa shape index (κ2) is 2.49. The summed E-state index contributed by atoms with van der Waals surface area (Å²) in [6.45, 7) is 5.71. The Bertz CT molecular complexity index is 177. The number of allylic oxidation sites excluding steroid dienone is 2. The van der Waals surface area contributed by atoms with E-state index in [1.807, 2.05) is 6.21 Å². The van der Waals surface area contributed by atoms with Crippen molar-refractivity contribution >= 4 is 6.21 Å². The lowest BCUT2D eigenvalue weighted by molar-refractivity contribution is 0.870. The SMILES string of the molecule is C=CC1=C(C)CC=NN1. The van der Waals surface area contributed by atoms with E-state index in [1.165, 1.54) is 5.57 Å². The fourth-order valence-corrected chi connectivity index (χ4v) is 0.723. The van der Waals surface area contributed by atoms with E-state index in [1.54, 1.807) is 6.08 Å². The molecule has 0 unspecified atom stereocenters. The summed E-state index contributed by atoms with van der Waals surface area (Å²) < 4.78 is 0. The lowest BCUT2D eigenvalue weighted by Crippen LogP contribution is -2.10. The highest BCUT2D eigenvalue weighted by molar-refractivity contribution is 5.63. The topological polar surface area (TPSA) is 24.4 Å². The zero-order chi connectivity index (χ0) is 6.69. The van der Waals surface area contributed by atoms with Gasteiger partial charge in [-0.3, -0.25) is 5.43 Å². The smallest absolute Gasteiger partial charge is 0.0548 e. The third-order valence-corrected chi connectivity index (χ3v) is 1.34. The van der Waals surface area contributed by atoms with Crippen LogP contribution in [0.5, 0.6) is 0 Å². The zero-order valence-electron chi connectivity index (χ0n) is 5.52. The second-order valence-electron chi connectivity index (χ2n) is 2.03. The van der Waals surface area contributed by atoms with Crippen molar-refractivity contribution in [2.75, 3.05) is 0 Å². The monoisotopic (exact) mass is 122 g/mol. The summed E-state index contributed by atoms with van der Waals surface area (Å²) >= 11 is 0. The van der Waals surface area contributed by atoms with E-state index in [0.29, 0.717) is 0 Å². The lowest BCUT2D eigenvalue weighted by atomic mass is 10.1. The highest BCUT2D eigenvalue weighted by Crippen LogP contribution is 2.07. The standard InChI is InChI=1S/C7H10N2/c1-3-7-6(2)4-5-8-9-7/h3,5,9H,1,4H2,2H3. The van der Waals surface area contributed by atoms with Crippen molar-refractivity contribution in [2.45, 2.75) is 13.3 Å². The quantitative estimate of drug-likeness (QED) is 0.559. The predicted molar refractivity (Wildman–Crippen MR) is 39.1 cm³/mol. The third-order valence-electron chi connectivity index (χ3n) is 1.34. The van der Waals surface area contributed by atoms with E-state index in [0.717, 1.165) is 12.1 Å². The van der Waals surface area contributed by atoms with E-state index in [4.69, 9.17) is 0 Å². The molecule has 1 aliphatic heterocycles. The van der Waals surface area contributed by atoms with Crippen LogP contribution in [-0.2, 0) is 0 Å². The molecule has 0 aromatic rings. The van der Waals surface area contributed by atoms with Crippen LogP contribution in [0.4, 0.5) is 0 Å². The molecule has 0 radical (unpaired) electrons. The molecule has 2 heteroatoms. The second-order valence-corrected chi connectivity index (χ2v) is 2.03. The summed E-state index contributed by atoms with van der Waals surface area (Å²) in [4.78, 5) is 0. The maximum atomic E-state index is 3.88. The molecule has 1 heterocycles. The first kappa shape index (κ1) is 6.08. The first-order valence-corrected chi connectivity index (χ1v) is 2.94. The summed E-state index contributed by atoms with van der Waals surface area (Å²) in [5.74, 6) is 0. The molecular formula is C7H10N2. The molecule has 9 heavy (non-hydrogen) atoms. The minimum absolute atomic E-state index is 0.939. The van der Waals surface area contributed by atoms with Gasteiger partial charge in [-0.15, -0.1) is 0 Å². The van der Waals surface area contributed by atoms with E-state index in [2.05, 4.69) is 24.0 Å². The van der Waals surface area contributed by atoms with Crippen LogP contribution in [0.1, 0.15) is 13.3 Å². The first-order chi connectivity index (χ1) is 4.34. The van der Waals surface area contributed by atoms with Gasteiger partial charge in [-0.25, -0.2) is 0 Å². The molecule has 2 nitrogen and oxygen atoms in total. The van der Waals surface area contributed by atoms with Gasteiger partial charge in [0.05, 0.1) is 5.70 Å². The molecule has 0 fully saturated rings. The number of nitrogens with zero attached hydrogens (tertiary/aromatic N) is 1. The van der Waals surface area contributed by atoms with Gasteiger partial charge in [0.25, 0.3) is 0 Å². The maximum Gasteiger partial charge on any atom is 0.0548 e. The Morgan fingerprint density at radius 2 is 2.67 bits per heavy atom. The van der Waals surface area contributed by atoms with Crippen molar-refractivity contribution in [3.8, 4) is 0 Å². The minimum Gasteiger partial charge on any atom is -0.279 e. The molecule has 0 aromatic heterocycles. The van der Waals surface area contributed by atoms with Crippen LogP contribution in [0, 0.1) is 0 Å². The molecule has 0 spiro atoms. The van der Waals surface area contributed by atoms with Gasteiger partial charge >= 0.3 is 0 Å². The summed E-state index contributed by atoms with van der Waals surface area (Å²) in [7, 11) is 0. The van der Waals surface area contributed by atoms with Gasteiger partial charge in [-0.05, 0) is 18.6 Å². The molecule has 0 aromatic carbocycles. The average Bonchev–Trinajstić information content (AvgIpc) is 1.89. The Labute approximate surface area is 55.0 Å². The van der Waals surface area contributed by atoms with Gasteiger partial charge in [0.2, 0.25) is 0 Å². The average molecular weight is 122 g/mol. The normalized spacial score (nSPS) is 17.4. The van der Waals surface area contributed by atoms with Crippen molar-refractivity contribution in [1.29, 1.82) is 0 Å². The number of hydrogen-bond donors (Lipinski definition) is 1. The van der Waals surface area contributed by atoms with E-state index < -0.39 is 0 Å². The van der Waals surface area contributed by atoms with Crippen LogP contribution < -0.4 is 5.43 Å². The number of hydrazone groups is 1. The molecule has 0 saturated heterocycles. The summed E-state index contributed by atoms with van der Waals surface area (Å²) in [6, 6.07) is 0. The van der Waals surface area contributed by atoms with Crippen molar-refractivity contribution in [3.63, 3.8) is 0 Å². The molecule has 0 amide bonds. The fraction of sp³-hybridized carbons (Fsp3) is 0.286. The Kier molecular flexibility index (Phi) is 1.68. The summed E-state index contributed by atoms with van der Waals surface area (Å²) in [5, 5.41) is 3.88. The molecular weight excluding hydrogens is 112 g/mol. The van der Waals surface area contributed by atoms with E-state index in [-0.39, 0.29) is 0 Å². The van der Waals surface area contributed by atoms with Crippen LogP contribution in [0.15, 0.2) is 29.0 Å². The number of hydrogen-bond acceptors (Lipinski definition) is 2. The molecule has 0 saturated carbocycles. The Balaban J connectivity index is 2.75. The Morgan fingerprint density at radius 3 is 3.11 bits per heavy atom. The fourth-order valence-electron chi connectivity index (χ4n) is 0.723. The summed E-state index contributed by atoms with van der Waals surface area (Å²) in [6.07, 6.45) is 4.57. The molecule has 48 valence electrons. The van der Waals surface area contributed by atoms with Gasteiger partial charge in [0.15, 0.2) is 0 Å². The van der Waals surface area contributed by atoms with Crippen molar-refractivity contribution in [3.05, 3.63) is 23.9 Å². The van der Waals surface area contributed by atoms with E-state index in [9.17, 15) is 0 Å². The Morgan fingerprint density at radius 1 is 1.89 bits per heavy atom. The molecule has 1 rings (SSSR count). The number of nitrogens with one attached hydrogen (secondary N) is 1. The highest BCUT2D eigenvalue weighted by Gasteiger charge is 1.98. The predicted octanol–water partition coefficient (Wildman–Crippen LogP) is 1.43. The van der Waals surface area contributed by atoms with Crippen molar-refractivity contribution in [2.24, 2.45) is 5.10 Å². The largest absolute Gasteiger partial charge is 0.279 e. The van der Waals surface area contributed by atoms with Gasteiger partial charge in [0, 0.05) is 12.6 Å². The maximum absolute atomic E-state index is 3.88. The minimum atomic E-state index is 0.939. The van der Waals surface area contributed by atoms with Crippen molar-refractivity contribution < 1.29 is 0 Å². The van der Waals surface area contributed by atoms with E-state index >= 15 is 0 Å².